The maximum atomic E-state index is 9.59. The van der Waals surface area contributed by atoms with Gasteiger partial charge < -0.3 is 5.11 Å². The molecular formula is C14H13Cl3FeO. The molecule has 5 heteroatoms. The molecule has 2 rings (SSSR count). The first-order valence-corrected chi connectivity index (χ1v) is 6.50. The van der Waals surface area contributed by atoms with E-state index in [-0.39, 0.29) is 33.0 Å². The second-order valence-corrected chi connectivity index (χ2v) is 4.97. The van der Waals surface area contributed by atoms with Crippen LogP contribution in [0.1, 0.15) is 18.1 Å². The quantitative estimate of drug-likeness (QED) is 0.596. The van der Waals surface area contributed by atoms with Crippen LogP contribution in [0.3, 0.4) is 0 Å². The van der Waals surface area contributed by atoms with E-state index in [4.69, 9.17) is 34.8 Å². The summed E-state index contributed by atoms with van der Waals surface area (Å²) in [7, 11) is 0. The van der Waals surface area contributed by atoms with Gasteiger partial charge in [-0.2, -0.15) is 30.3 Å². The molecule has 2 aromatic rings. The summed E-state index contributed by atoms with van der Waals surface area (Å²) in [4.78, 5) is 0. The van der Waals surface area contributed by atoms with Crippen molar-refractivity contribution in [1.82, 2.24) is 0 Å². The Morgan fingerprint density at radius 1 is 1.05 bits per heavy atom. The Labute approximate surface area is 139 Å². The van der Waals surface area contributed by atoms with Crippen LogP contribution in [0.4, 0.5) is 0 Å². The standard InChI is InChI=1S/C9H8Cl3O.C5H5.Fe/c10-7(9(11)12)5-8(13)6-3-1-2-4-6;1-2-4-5-3-1;/h1-4,8,13H,5H2;1-5H;/q2*-1;+2. The van der Waals surface area contributed by atoms with Crippen molar-refractivity contribution in [2.24, 2.45) is 0 Å². The molecule has 2 aromatic carbocycles. The fourth-order valence-corrected chi connectivity index (χ4v) is 1.60. The van der Waals surface area contributed by atoms with E-state index in [2.05, 4.69) is 0 Å². The van der Waals surface area contributed by atoms with E-state index >= 15 is 0 Å². The van der Waals surface area contributed by atoms with Crippen molar-refractivity contribution >= 4 is 34.8 Å². The van der Waals surface area contributed by atoms with Crippen LogP contribution < -0.4 is 0 Å². The molecule has 0 aromatic heterocycles. The Morgan fingerprint density at radius 2 is 1.58 bits per heavy atom. The Morgan fingerprint density at radius 3 is 1.95 bits per heavy atom. The van der Waals surface area contributed by atoms with Crippen molar-refractivity contribution in [3.05, 3.63) is 69.7 Å². The van der Waals surface area contributed by atoms with Gasteiger partial charge in [0.1, 0.15) is 4.49 Å². The van der Waals surface area contributed by atoms with E-state index < -0.39 is 6.10 Å². The average Bonchev–Trinajstić information content (AvgIpc) is 3.05. The van der Waals surface area contributed by atoms with Gasteiger partial charge in [-0.3, -0.25) is 0 Å². The van der Waals surface area contributed by atoms with Gasteiger partial charge in [0.25, 0.3) is 0 Å². The van der Waals surface area contributed by atoms with Crippen LogP contribution in [0.15, 0.2) is 64.1 Å². The van der Waals surface area contributed by atoms with Gasteiger partial charge in [-0.25, -0.2) is 24.3 Å². The van der Waals surface area contributed by atoms with Gasteiger partial charge in [-0.15, -0.1) is 5.56 Å². The minimum absolute atomic E-state index is 0. The minimum atomic E-state index is -0.644. The molecular weight excluding hydrogens is 346 g/mol. The molecule has 0 aliphatic heterocycles. The molecule has 104 valence electrons. The molecule has 0 aliphatic rings. The summed E-state index contributed by atoms with van der Waals surface area (Å²) in [5, 5.41) is 9.87. The number of rotatable bonds is 3. The fourth-order valence-electron chi connectivity index (χ4n) is 1.30. The van der Waals surface area contributed by atoms with Crippen molar-refractivity contribution in [3.63, 3.8) is 0 Å². The molecule has 0 saturated carbocycles. The molecule has 0 spiro atoms. The van der Waals surface area contributed by atoms with Crippen molar-refractivity contribution in [3.8, 4) is 0 Å². The normalized spacial score (nSPS) is 10.7. The fraction of sp³-hybridized carbons (Fsp3) is 0.143. The number of aliphatic hydroxyl groups is 1. The molecule has 0 saturated heterocycles. The zero-order valence-electron chi connectivity index (χ0n) is 9.92. The molecule has 1 nitrogen and oxygen atoms in total. The van der Waals surface area contributed by atoms with Crippen molar-refractivity contribution < 1.29 is 22.2 Å². The number of hydrogen-bond acceptors (Lipinski definition) is 1. The van der Waals surface area contributed by atoms with Crippen molar-refractivity contribution in [1.29, 1.82) is 0 Å². The largest absolute Gasteiger partial charge is 2.00 e. The molecule has 0 radical (unpaired) electrons. The summed E-state index contributed by atoms with van der Waals surface area (Å²) >= 11 is 16.6. The van der Waals surface area contributed by atoms with Crippen molar-refractivity contribution in [2.75, 3.05) is 0 Å². The average molecular weight is 359 g/mol. The Hall–Kier alpha value is -0.211. The zero-order chi connectivity index (χ0) is 13.4. The first kappa shape index (κ1) is 18.8. The molecule has 0 aliphatic carbocycles. The van der Waals surface area contributed by atoms with Crippen LogP contribution in [-0.2, 0) is 17.1 Å². The van der Waals surface area contributed by atoms with Gasteiger partial charge >= 0.3 is 17.1 Å². The Kier molecular flexibility index (Phi) is 10.4. The van der Waals surface area contributed by atoms with Crippen LogP contribution in [0, 0.1) is 0 Å². The Bertz CT molecular complexity index is 428. The monoisotopic (exact) mass is 358 g/mol. The van der Waals surface area contributed by atoms with Crippen LogP contribution >= 0.6 is 34.8 Å². The molecule has 1 N–H and O–H groups in total. The molecule has 0 fully saturated rings. The summed E-state index contributed by atoms with van der Waals surface area (Å²) in [6.07, 6.45) is -0.400. The second-order valence-electron chi connectivity index (χ2n) is 3.57. The van der Waals surface area contributed by atoms with Gasteiger partial charge in [0.05, 0.1) is 5.03 Å². The summed E-state index contributed by atoms with van der Waals surface area (Å²) in [6.45, 7) is 0. The third kappa shape index (κ3) is 7.84. The predicted octanol–water partition coefficient (Wildman–Crippen LogP) is 5.12. The van der Waals surface area contributed by atoms with Gasteiger partial charge in [0.2, 0.25) is 0 Å². The molecule has 0 heterocycles. The van der Waals surface area contributed by atoms with Crippen LogP contribution in [0.2, 0.25) is 0 Å². The smallest absolute Gasteiger partial charge is 0.400 e. The zero-order valence-corrected chi connectivity index (χ0v) is 13.3. The number of halogens is 3. The van der Waals surface area contributed by atoms with Gasteiger partial charge in [-0.05, 0) is 0 Å². The van der Waals surface area contributed by atoms with Crippen LogP contribution in [0.25, 0.3) is 0 Å². The minimum Gasteiger partial charge on any atom is -0.400 e. The van der Waals surface area contributed by atoms with Gasteiger partial charge in [0, 0.05) is 12.5 Å². The molecule has 0 amide bonds. The Balaban J connectivity index is 0.000000454. The first-order valence-electron chi connectivity index (χ1n) is 5.37. The van der Waals surface area contributed by atoms with E-state index in [0.29, 0.717) is 0 Å². The molecule has 1 unspecified atom stereocenters. The molecule has 0 bridgehead atoms. The van der Waals surface area contributed by atoms with E-state index in [0.717, 1.165) is 5.56 Å². The van der Waals surface area contributed by atoms with E-state index in [1.54, 1.807) is 0 Å². The first-order chi connectivity index (χ1) is 8.61. The third-order valence-corrected chi connectivity index (χ3v) is 3.20. The van der Waals surface area contributed by atoms with Crippen molar-refractivity contribution in [2.45, 2.75) is 12.5 Å². The van der Waals surface area contributed by atoms with E-state index in [9.17, 15) is 5.11 Å². The number of hydrogen-bond donors (Lipinski definition) is 1. The van der Waals surface area contributed by atoms with Gasteiger partial charge in [0.15, 0.2) is 0 Å². The SMILES string of the molecule is OC(CC(Cl)=C(Cl)Cl)[c-]1cccc1.[Fe+2].c1cc[cH-]c1. The second kappa shape index (κ2) is 10.6. The number of aliphatic hydroxyl groups excluding tert-OH is 1. The summed E-state index contributed by atoms with van der Waals surface area (Å²) < 4.78 is 0.00673. The van der Waals surface area contributed by atoms with Crippen LogP contribution in [0.5, 0.6) is 0 Å². The van der Waals surface area contributed by atoms with Gasteiger partial charge in [-0.1, -0.05) is 34.8 Å². The molecule has 19 heavy (non-hydrogen) atoms. The third-order valence-electron chi connectivity index (χ3n) is 2.21. The maximum Gasteiger partial charge on any atom is 2.00 e. The summed E-state index contributed by atoms with van der Waals surface area (Å²) in [5.41, 5.74) is 0.813. The maximum absolute atomic E-state index is 9.59. The van der Waals surface area contributed by atoms with E-state index in [1.165, 1.54) is 0 Å². The summed E-state index contributed by atoms with van der Waals surface area (Å²) in [6, 6.07) is 17.3. The molecule has 1 atom stereocenters. The predicted molar refractivity (Wildman–Crippen MR) is 78.2 cm³/mol. The topological polar surface area (TPSA) is 20.2 Å². The van der Waals surface area contributed by atoms with Crippen LogP contribution in [-0.4, -0.2) is 5.11 Å². The summed E-state index contributed by atoms with van der Waals surface area (Å²) in [5.74, 6) is 0. The van der Waals surface area contributed by atoms with E-state index in [1.807, 2.05) is 54.6 Å².